The summed E-state index contributed by atoms with van der Waals surface area (Å²) < 4.78 is 0. The predicted molar refractivity (Wildman–Crippen MR) is 77.4 cm³/mol. The number of benzene rings is 1. The van der Waals surface area contributed by atoms with E-state index in [0.29, 0.717) is 18.4 Å². The molecule has 0 radical (unpaired) electrons. The van der Waals surface area contributed by atoms with Crippen LogP contribution in [0.2, 0.25) is 0 Å². The van der Waals surface area contributed by atoms with Crippen LogP contribution in [0, 0.1) is 5.92 Å². The van der Waals surface area contributed by atoms with E-state index in [2.05, 4.69) is 10.6 Å². The maximum Gasteiger partial charge on any atom is 0.252 e. The number of hydrogen-bond donors (Lipinski definition) is 3. The minimum absolute atomic E-state index is 0. The number of halogens is 1. The Labute approximate surface area is 127 Å². The van der Waals surface area contributed by atoms with E-state index >= 15 is 0 Å². The molecule has 2 aliphatic heterocycles. The highest BCUT2D eigenvalue weighted by Crippen LogP contribution is 2.41. The molecule has 1 aromatic carbocycles. The molecule has 1 aromatic rings. The van der Waals surface area contributed by atoms with E-state index in [0.717, 1.165) is 0 Å². The fourth-order valence-corrected chi connectivity index (χ4v) is 2.77. The third kappa shape index (κ3) is 2.52. The number of nitrogens with two attached hydrogens (primary N) is 1. The van der Waals surface area contributed by atoms with Gasteiger partial charge in [0.15, 0.2) is 0 Å². The van der Waals surface area contributed by atoms with Gasteiger partial charge < -0.3 is 11.1 Å². The first-order chi connectivity index (χ1) is 9.52. The zero-order chi connectivity index (χ0) is 14.3. The SMILES string of the molecule is Cl.N[C@H](C(=O)NC12CC(C1)C(=O)NC2=O)c1ccccc1. The molecule has 1 saturated carbocycles. The summed E-state index contributed by atoms with van der Waals surface area (Å²) in [5.41, 5.74) is 5.62. The van der Waals surface area contributed by atoms with E-state index in [1.165, 1.54) is 0 Å². The fraction of sp³-hybridized carbons (Fsp3) is 0.357. The van der Waals surface area contributed by atoms with Gasteiger partial charge in [-0.2, -0.15) is 0 Å². The molecule has 2 bridgehead atoms. The number of fused-ring (bicyclic) bond motifs is 2. The summed E-state index contributed by atoms with van der Waals surface area (Å²) in [5.74, 6) is -1.27. The van der Waals surface area contributed by atoms with Gasteiger partial charge in [0.1, 0.15) is 11.6 Å². The molecule has 0 spiro atoms. The quantitative estimate of drug-likeness (QED) is 0.686. The lowest BCUT2D eigenvalue weighted by atomic mass is 9.64. The van der Waals surface area contributed by atoms with Crippen molar-refractivity contribution in [2.75, 3.05) is 0 Å². The zero-order valence-corrected chi connectivity index (χ0v) is 12.0. The summed E-state index contributed by atoms with van der Waals surface area (Å²) in [6.45, 7) is 0. The summed E-state index contributed by atoms with van der Waals surface area (Å²) in [7, 11) is 0. The smallest absolute Gasteiger partial charge is 0.252 e. The van der Waals surface area contributed by atoms with Crippen LogP contribution in [0.3, 0.4) is 0 Å². The van der Waals surface area contributed by atoms with Crippen molar-refractivity contribution in [2.45, 2.75) is 24.4 Å². The summed E-state index contributed by atoms with van der Waals surface area (Å²) in [6.07, 6.45) is 0.732. The average Bonchev–Trinajstić information content (AvgIpc) is 2.40. The lowest BCUT2D eigenvalue weighted by molar-refractivity contribution is -0.155. The standard InChI is InChI=1S/C14H15N3O3.ClH/c15-10(8-4-2-1-3-5-8)12(19)17-14-6-9(7-14)11(18)16-13(14)20;/h1-5,9-10H,6-7,15H2,(H,17,19)(H,16,18,20);1H/t9?,10-,14?;/m0./s1. The van der Waals surface area contributed by atoms with Crippen LogP contribution in [0.25, 0.3) is 0 Å². The predicted octanol–water partition coefficient (Wildman–Crippen LogP) is 0.0296. The van der Waals surface area contributed by atoms with Gasteiger partial charge in [-0.15, -0.1) is 12.4 Å². The second-order valence-corrected chi connectivity index (χ2v) is 5.38. The second-order valence-electron chi connectivity index (χ2n) is 5.38. The Hall–Kier alpha value is -1.92. The lowest BCUT2D eigenvalue weighted by Crippen LogP contribution is -2.73. The van der Waals surface area contributed by atoms with Gasteiger partial charge in [0.2, 0.25) is 11.8 Å². The highest BCUT2D eigenvalue weighted by atomic mass is 35.5. The van der Waals surface area contributed by atoms with Crippen molar-refractivity contribution in [1.82, 2.24) is 10.6 Å². The minimum Gasteiger partial charge on any atom is -0.340 e. The van der Waals surface area contributed by atoms with Crippen LogP contribution < -0.4 is 16.4 Å². The molecular weight excluding hydrogens is 294 g/mol. The highest BCUT2D eigenvalue weighted by molar-refractivity contribution is 6.08. The topological polar surface area (TPSA) is 101 Å². The average molecular weight is 310 g/mol. The first-order valence-corrected chi connectivity index (χ1v) is 6.50. The molecule has 3 aliphatic rings. The van der Waals surface area contributed by atoms with Crippen LogP contribution in [-0.2, 0) is 14.4 Å². The third-order valence-corrected chi connectivity index (χ3v) is 4.04. The minimum atomic E-state index is -0.956. The number of rotatable bonds is 3. The number of carbonyl (C=O) groups is 3. The van der Waals surface area contributed by atoms with Crippen molar-refractivity contribution in [3.63, 3.8) is 0 Å². The monoisotopic (exact) mass is 309 g/mol. The molecule has 7 heteroatoms. The Kier molecular flexibility index (Phi) is 4.02. The molecule has 1 atom stereocenters. The first-order valence-electron chi connectivity index (χ1n) is 6.50. The van der Waals surface area contributed by atoms with Gasteiger partial charge in [0, 0.05) is 5.92 Å². The third-order valence-electron chi connectivity index (χ3n) is 4.04. The van der Waals surface area contributed by atoms with E-state index in [1.807, 2.05) is 6.07 Å². The maximum absolute atomic E-state index is 12.2. The fourth-order valence-electron chi connectivity index (χ4n) is 2.77. The van der Waals surface area contributed by atoms with Crippen molar-refractivity contribution >= 4 is 30.1 Å². The second kappa shape index (κ2) is 5.46. The van der Waals surface area contributed by atoms with E-state index in [9.17, 15) is 14.4 Å². The molecule has 6 nitrogen and oxygen atoms in total. The van der Waals surface area contributed by atoms with Gasteiger partial charge in [-0.25, -0.2) is 0 Å². The molecular formula is C14H16ClN3O3. The van der Waals surface area contributed by atoms with Gasteiger partial charge in [-0.1, -0.05) is 30.3 Å². The Morgan fingerprint density at radius 3 is 2.48 bits per heavy atom. The van der Waals surface area contributed by atoms with Crippen LogP contribution >= 0.6 is 12.4 Å². The van der Waals surface area contributed by atoms with E-state index in [1.54, 1.807) is 24.3 Å². The van der Waals surface area contributed by atoms with Gasteiger partial charge in [0.25, 0.3) is 5.91 Å². The molecule has 112 valence electrons. The number of nitrogens with one attached hydrogen (secondary N) is 2. The van der Waals surface area contributed by atoms with E-state index in [4.69, 9.17) is 5.73 Å². The molecule has 1 aliphatic carbocycles. The summed E-state index contributed by atoms with van der Waals surface area (Å²) in [4.78, 5) is 35.4. The van der Waals surface area contributed by atoms with Crippen molar-refractivity contribution in [3.05, 3.63) is 35.9 Å². The van der Waals surface area contributed by atoms with Crippen LogP contribution in [0.4, 0.5) is 0 Å². The van der Waals surface area contributed by atoms with E-state index in [-0.39, 0.29) is 24.2 Å². The number of piperidine rings is 2. The molecule has 2 saturated heterocycles. The van der Waals surface area contributed by atoms with Crippen molar-refractivity contribution < 1.29 is 14.4 Å². The Bertz CT molecular complexity index is 584. The molecule has 0 aromatic heterocycles. The van der Waals surface area contributed by atoms with E-state index < -0.39 is 23.4 Å². The van der Waals surface area contributed by atoms with Crippen LogP contribution in [0.15, 0.2) is 30.3 Å². The summed E-state index contributed by atoms with van der Waals surface area (Å²) in [5, 5.41) is 4.97. The van der Waals surface area contributed by atoms with Crippen LogP contribution in [0.1, 0.15) is 24.4 Å². The van der Waals surface area contributed by atoms with Crippen molar-refractivity contribution in [1.29, 1.82) is 0 Å². The molecule has 0 unspecified atom stereocenters. The van der Waals surface area contributed by atoms with Gasteiger partial charge in [0.05, 0.1) is 0 Å². The molecule has 3 amide bonds. The summed E-state index contributed by atoms with van der Waals surface area (Å²) in [6, 6.07) is 8.13. The largest absolute Gasteiger partial charge is 0.340 e. The number of carbonyl (C=O) groups excluding carboxylic acids is 3. The maximum atomic E-state index is 12.2. The number of amides is 3. The lowest BCUT2D eigenvalue weighted by Gasteiger charge is -2.49. The Balaban J connectivity index is 0.00000161. The van der Waals surface area contributed by atoms with Gasteiger partial charge >= 0.3 is 0 Å². The normalized spacial score (nSPS) is 27.8. The number of hydrogen-bond acceptors (Lipinski definition) is 4. The first kappa shape index (κ1) is 15.5. The van der Waals surface area contributed by atoms with Crippen molar-refractivity contribution in [3.8, 4) is 0 Å². The number of imide groups is 1. The summed E-state index contributed by atoms with van der Waals surface area (Å²) >= 11 is 0. The molecule has 2 heterocycles. The van der Waals surface area contributed by atoms with Crippen LogP contribution in [-0.4, -0.2) is 23.3 Å². The van der Waals surface area contributed by atoms with Gasteiger partial charge in [-0.05, 0) is 18.4 Å². The Morgan fingerprint density at radius 2 is 1.90 bits per heavy atom. The van der Waals surface area contributed by atoms with Gasteiger partial charge in [-0.3, -0.25) is 19.7 Å². The molecule has 21 heavy (non-hydrogen) atoms. The zero-order valence-electron chi connectivity index (χ0n) is 11.2. The van der Waals surface area contributed by atoms with Crippen LogP contribution in [0.5, 0.6) is 0 Å². The highest BCUT2D eigenvalue weighted by Gasteiger charge is 2.58. The Morgan fingerprint density at radius 1 is 1.29 bits per heavy atom. The molecule has 4 N–H and O–H groups in total. The molecule has 4 rings (SSSR count). The molecule has 3 fully saturated rings. The van der Waals surface area contributed by atoms with Crippen molar-refractivity contribution in [2.24, 2.45) is 11.7 Å².